The van der Waals surface area contributed by atoms with E-state index >= 15 is 0 Å². The van der Waals surface area contributed by atoms with Gasteiger partial charge in [-0.3, -0.25) is 9.78 Å². The van der Waals surface area contributed by atoms with Gasteiger partial charge in [-0.2, -0.15) is 0 Å². The lowest BCUT2D eigenvalue weighted by atomic mass is 9.83. The van der Waals surface area contributed by atoms with Crippen molar-refractivity contribution in [2.24, 2.45) is 5.92 Å². The van der Waals surface area contributed by atoms with E-state index in [0.717, 1.165) is 6.20 Å². The number of carbonyl (C=O) groups excluding carboxylic acids is 1. The van der Waals surface area contributed by atoms with Crippen LogP contribution in [0.3, 0.4) is 0 Å². The Bertz CT molecular complexity index is 872. The third-order valence-electron chi connectivity index (χ3n) is 5.48. The summed E-state index contributed by atoms with van der Waals surface area (Å²) >= 11 is 0. The predicted molar refractivity (Wildman–Crippen MR) is 91.1 cm³/mol. The number of carbonyl (C=O) groups is 1. The lowest BCUT2D eigenvalue weighted by Crippen LogP contribution is -2.61. The van der Waals surface area contributed by atoms with Crippen LogP contribution in [-0.2, 0) is 10.4 Å². The van der Waals surface area contributed by atoms with Crippen molar-refractivity contribution in [3.8, 4) is 5.69 Å². The van der Waals surface area contributed by atoms with Crippen molar-refractivity contribution in [1.82, 2.24) is 24.9 Å². The van der Waals surface area contributed by atoms with E-state index in [-0.39, 0.29) is 49.9 Å². The van der Waals surface area contributed by atoms with E-state index in [4.69, 9.17) is 0 Å². The van der Waals surface area contributed by atoms with Crippen LogP contribution in [0.2, 0.25) is 0 Å². The lowest BCUT2D eigenvalue weighted by molar-refractivity contribution is -0.159. The Morgan fingerprint density at radius 2 is 1.96 bits per heavy atom. The minimum Gasteiger partial charge on any atom is -0.380 e. The molecule has 0 unspecified atom stereocenters. The Kier molecular flexibility index (Phi) is 4.60. The molecular weight excluding hydrogens is 375 g/mol. The molecule has 2 aliphatic rings. The number of hydrogen-bond acceptors (Lipinski definition) is 5. The van der Waals surface area contributed by atoms with Gasteiger partial charge in [0.15, 0.2) is 0 Å². The van der Waals surface area contributed by atoms with Crippen molar-refractivity contribution in [2.75, 3.05) is 13.1 Å². The summed E-state index contributed by atoms with van der Waals surface area (Å²) in [5.41, 5.74) is -0.685. The van der Waals surface area contributed by atoms with Gasteiger partial charge in [0.2, 0.25) is 11.8 Å². The van der Waals surface area contributed by atoms with E-state index in [0.29, 0.717) is 18.5 Å². The molecule has 1 aliphatic carbocycles. The van der Waals surface area contributed by atoms with Crippen molar-refractivity contribution in [3.05, 3.63) is 36.2 Å². The molecule has 10 heteroatoms. The number of amides is 1. The molecule has 3 heterocycles. The maximum atomic E-state index is 13.3. The minimum absolute atomic E-state index is 0.0397. The number of alkyl halides is 2. The zero-order valence-corrected chi connectivity index (χ0v) is 15.1. The molecule has 28 heavy (non-hydrogen) atoms. The topological polar surface area (TPSA) is 84.1 Å². The summed E-state index contributed by atoms with van der Waals surface area (Å²) in [7, 11) is 0. The normalized spacial score (nSPS) is 21.4. The summed E-state index contributed by atoms with van der Waals surface area (Å²) in [4.78, 5) is 17.6. The third kappa shape index (κ3) is 3.73. The zero-order chi connectivity index (χ0) is 19.9. The van der Waals surface area contributed by atoms with E-state index in [1.807, 2.05) is 0 Å². The summed E-state index contributed by atoms with van der Waals surface area (Å²) in [6.45, 7) is 0.129. The standard InChI is InChI=1S/C18H20F3N5O2/c19-13-6-14(8-22-7-13)26-9-15(23-24-26)17(28)10-25(11-17)16(27)5-12-1-3-18(20,21)4-2-12/h6-9,12,28H,1-5,10-11H2. The van der Waals surface area contributed by atoms with Gasteiger partial charge in [0, 0.05) is 25.3 Å². The average Bonchev–Trinajstić information content (AvgIpc) is 3.11. The molecule has 150 valence electrons. The molecular formula is C18H20F3N5O2. The van der Waals surface area contributed by atoms with Crippen LogP contribution in [0.1, 0.15) is 37.8 Å². The SMILES string of the molecule is O=C(CC1CCC(F)(F)CC1)N1CC(O)(c2cn(-c3cncc(F)c3)nn2)C1. The van der Waals surface area contributed by atoms with Gasteiger partial charge < -0.3 is 10.0 Å². The second kappa shape index (κ2) is 6.84. The highest BCUT2D eigenvalue weighted by molar-refractivity contribution is 5.77. The summed E-state index contributed by atoms with van der Waals surface area (Å²) in [6.07, 6.45) is 4.50. The van der Waals surface area contributed by atoms with Crippen LogP contribution in [0.4, 0.5) is 13.2 Å². The van der Waals surface area contributed by atoms with E-state index < -0.39 is 17.3 Å². The number of halogens is 3. The average molecular weight is 395 g/mol. The second-order valence-corrected chi connectivity index (χ2v) is 7.69. The molecule has 1 N–H and O–H groups in total. The minimum atomic E-state index is -2.61. The van der Waals surface area contributed by atoms with Crippen molar-refractivity contribution in [1.29, 1.82) is 0 Å². The van der Waals surface area contributed by atoms with Gasteiger partial charge in [-0.15, -0.1) is 5.10 Å². The first-order valence-corrected chi connectivity index (χ1v) is 9.16. The number of nitrogens with zero attached hydrogens (tertiary/aromatic N) is 5. The zero-order valence-electron chi connectivity index (χ0n) is 15.1. The van der Waals surface area contributed by atoms with Gasteiger partial charge in [-0.1, -0.05) is 5.21 Å². The van der Waals surface area contributed by atoms with E-state index in [9.17, 15) is 23.1 Å². The quantitative estimate of drug-likeness (QED) is 0.857. The predicted octanol–water partition coefficient (Wildman–Crippen LogP) is 2.05. The van der Waals surface area contributed by atoms with Crippen LogP contribution < -0.4 is 0 Å². The summed E-state index contributed by atoms with van der Waals surface area (Å²) < 4.78 is 41.0. The molecule has 1 amide bonds. The summed E-state index contributed by atoms with van der Waals surface area (Å²) in [5, 5.41) is 18.5. The maximum absolute atomic E-state index is 13.3. The van der Waals surface area contributed by atoms with Gasteiger partial charge in [-0.25, -0.2) is 17.9 Å². The Balaban J connectivity index is 1.34. The molecule has 0 atom stereocenters. The number of aromatic nitrogens is 4. The monoisotopic (exact) mass is 395 g/mol. The lowest BCUT2D eigenvalue weighted by Gasteiger charge is -2.45. The number of likely N-dealkylation sites (tertiary alicyclic amines) is 1. The fourth-order valence-corrected chi connectivity index (χ4v) is 3.73. The number of rotatable bonds is 4. The van der Waals surface area contributed by atoms with Crippen molar-refractivity contribution in [3.63, 3.8) is 0 Å². The van der Waals surface area contributed by atoms with Crippen molar-refractivity contribution in [2.45, 2.75) is 43.6 Å². The van der Waals surface area contributed by atoms with Crippen LogP contribution in [-0.4, -0.2) is 54.9 Å². The van der Waals surface area contributed by atoms with Gasteiger partial charge in [0.1, 0.15) is 17.1 Å². The van der Waals surface area contributed by atoms with Crippen LogP contribution in [0.5, 0.6) is 0 Å². The maximum Gasteiger partial charge on any atom is 0.248 e. The molecule has 1 saturated heterocycles. The Labute approximate surface area is 159 Å². The first-order chi connectivity index (χ1) is 13.2. The first-order valence-electron chi connectivity index (χ1n) is 9.16. The van der Waals surface area contributed by atoms with Gasteiger partial charge in [0.25, 0.3) is 0 Å². The third-order valence-corrected chi connectivity index (χ3v) is 5.48. The molecule has 0 radical (unpaired) electrons. The van der Waals surface area contributed by atoms with E-state index in [2.05, 4.69) is 15.3 Å². The Morgan fingerprint density at radius 1 is 1.25 bits per heavy atom. The fourth-order valence-electron chi connectivity index (χ4n) is 3.73. The molecule has 4 rings (SSSR count). The first kappa shape index (κ1) is 18.9. The highest BCUT2D eigenvalue weighted by Crippen LogP contribution is 2.38. The van der Waals surface area contributed by atoms with Crippen molar-refractivity contribution >= 4 is 5.91 Å². The highest BCUT2D eigenvalue weighted by atomic mass is 19.3. The molecule has 0 spiro atoms. The summed E-state index contributed by atoms with van der Waals surface area (Å²) in [6, 6.07) is 1.24. The van der Waals surface area contributed by atoms with Gasteiger partial charge >= 0.3 is 0 Å². The molecule has 1 aliphatic heterocycles. The van der Waals surface area contributed by atoms with E-state index in [1.54, 1.807) is 0 Å². The molecule has 2 fully saturated rings. The summed E-state index contributed by atoms with van der Waals surface area (Å²) in [5.74, 6) is -3.32. The van der Waals surface area contributed by atoms with Crippen LogP contribution in [0.25, 0.3) is 5.69 Å². The Hall–Kier alpha value is -2.49. The molecule has 1 saturated carbocycles. The van der Waals surface area contributed by atoms with Crippen LogP contribution in [0, 0.1) is 11.7 Å². The number of β-amino-alcohol motifs (C(OH)–C–C–N with tert-alkyl or cyclic N) is 1. The molecule has 2 aromatic heterocycles. The van der Waals surface area contributed by atoms with Gasteiger partial charge in [-0.05, 0) is 18.8 Å². The Morgan fingerprint density at radius 3 is 2.64 bits per heavy atom. The number of aliphatic hydroxyl groups is 1. The van der Waals surface area contributed by atoms with E-state index in [1.165, 1.54) is 28.0 Å². The molecule has 2 aromatic rings. The fraction of sp³-hybridized carbons (Fsp3) is 0.556. The second-order valence-electron chi connectivity index (χ2n) is 7.69. The highest BCUT2D eigenvalue weighted by Gasteiger charge is 2.47. The number of pyridine rings is 1. The van der Waals surface area contributed by atoms with Crippen LogP contribution >= 0.6 is 0 Å². The molecule has 7 nitrogen and oxygen atoms in total. The molecule has 0 bridgehead atoms. The van der Waals surface area contributed by atoms with Crippen molar-refractivity contribution < 1.29 is 23.1 Å². The number of hydrogen-bond donors (Lipinski definition) is 1. The van der Waals surface area contributed by atoms with Gasteiger partial charge in [0.05, 0.1) is 37.4 Å². The van der Waals surface area contributed by atoms with Crippen LogP contribution in [0.15, 0.2) is 24.7 Å². The smallest absolute Gasteiger partial charge is 0.248 e. The largest absolute Gasteiger partial charge is 0.380 e. The molecule has 0 aromatic carbocycles.